The van der Waals surface area contributed by atoms with Gasteiger partial charge in [-0.1, -0.05) is 36.4 Å². The highest BCUT2D eigenvalue weighted by molar-refractivity contribution is 7.98. The molecule has 2 aliphatic rings. The third kappa shape index (κ3) is 4.79. The Balaban J connectivity index is 1.32. The summed E-state index contributed by atoms with van der Waals surface area (Å²) in [6.45, 7) is 4.57. The van der Waals surface area contributed by atoms with Crippen LogP contribution in [0.4, 0.5) is 0 Å². The van der Waals surface area contributed by atoms with E-state index in [1.54, 1.807) is 16.7 Å². The minimum atomic E-state index is -0.433. The maximum absolute atomic E-state index is 12.9. The van der Waals surface area contributed by atoms with Crippen LogP contribution in [-0.2, 0) is 21.9 Å². The summed E-state index contributed by atoms with van der Waals surface area (Å²) in [7, 11) is 0. The summed E-state index contributed by atoms with van der Waals surface area (Å²) in [6.07, 6.45) is 0. The maximum Gasteiger partial charge on any atom is 0.246 e. The fourth-order valence-electron chi connectivity index (χ4n) is 3.90. The van der Waals surface area contributed by atoms with Gasteiger partial charge in [-0.05, 0) is 24.6 Å². The molecule has 152 valence electrons. The Morgan fingerprint density at radius 2 is 1.93 bits per heavy atom. The minimum absolute atomic E-state index is 0.0446. The van der Waals surface area contributed by atoms with Gasteiger partial charge in [0, 0.05) is 43.4 Å². The summed E-state index contributed by atoms with van der Waals surface area (Å²) < 4.78 is 0. The lowest BCUT2D eigenvalue weighted by Gasteiger charge is -2.45. The largest absolute Gasteiger partial charge is 0.342 e. The van der Waals surface area contributed by atoms with E-state index in [9.17, 15) is 9.59 Å². The third-order valence-corrected chi connectivity index (χ3v) is 6.50. The van der Waals surface area contributed by atoms with Crippen LogP contribution < -0.4 is 5.32 Å². The Morgan fingerprint density at radius 1 is 1.10 bits per heavy atom. The summed E-state index contributed by atoms with van der Waals surface area (Å²) in [5.74, 6) is 1.43. The standard InChI is InChI=1S/C22H26N4O2S/c1-16-6-5-9-18(23-16)12-25-10-11-26-20(13-25)21(27)24-19(22(26)28)15-29-14-17-7-3-2-4-8-17/h2-9,19-20H,10-15H2,1H3,(H,24,27)/t19-,20+/m0/s1. The first-order valence-electron chi connectivity index (χ1n) is 9.97. The van der Waals surface area contributed by atoms with Gasteiger partial charge in [-0.3, -0.25) is 19.5 Å². The van der Waals surface area contributed by atoms with Gasteiger partial charge in [-0.15, -0.1) is 0 Å². The molecule has 2 fully saturated rings. The van der Waals surface area contributed by atoms with E-state index in [-0.39, 0.29) is 11.8 Å². The summed E-state index contributed by atoms with van der Waals surface area (Å²) in [4.78, 5) is 34.2. The van der Waals surface area contributed by atoms with Crippen molar-refractivity contribution < 1.29 is 9.59 Å². The summed E-state index contributed by atoms with van der Waals surface area (Å²) in [6, 6.07) is 15.3. The molecule has 29 heavy (non-hydrogen) atoms. The molecular weight excluding hydrogens is 384 g/mol. The van der Waals surface area contributed by atoms with Crippen molar-refractivity contribution in [3.8, 4) is 0 Å². The molecule has 0 aliphatic carbocycles. The first-order valence-corrected chi connectivity index (χ1v) is 11.1. The molecule has 2 aliphatic heterocycles. The second-order valence-electron chi connectivity index (χ2n) is 7.61. The first-order chi connectivity index (χ1) is 14.1. The highest BCUT2D eigenvalue weighted by Gasteiger charge is 2.43. The molecule has 2 aromatic rings. The van der Waals surface area contributed by atoms with E-state index in [0.717, 1.165) is 23.7 Å². The van der Waals surface area contributed by atoms with Gasteiger partial charge in [0.25, 0.3) is 0 Å². The number of rotatable bonds is 6. The first kappa shape index (κ1) is 19.9. The smallest absolute Gasteiger partial charge is 0.246 e. The van der Waals surface area contributed by atoms with E-state index in [1.807, 2.05) is 43.3 Å². The second-order valence-corrected chi connectivity index (χ2v) is 8.65. The molecule has 0 saturated carbocycles. The Labute approximate surface area is 175 Å². The fourth-order valence-corrected chi connectivity index (χ4v) is 4.91. The number of carbonyl (C=O) groups excluding carboxylic acids is 2. The average molecular weight is 411 g/mol. The monoisotopic (exact) mass is 410 g/mol. The van der Waals surface area contributed by atoms with Crippen molar-refractivity contribution in [1.82, 2.24) is 20.1 Å². The van der Waals surface area contributed by atoms with Crippen LogP contribution in [0, 0.1) is 6.92 Å². The van der Waals surface area contributed by atoms with Gasteiger partial charge in [0.15, 0.2) is 0 Å². The zero-order valence-electron chi connectivity index (χ0n) is 16.6. The van der Waals surface area contributed by atoms with Crippen LogP contribution in [0.15, 0.2) is 48.5 Å². The van der Waals surface area contributed by atoms with Gasteiger partial charge in [-0.2, -0.15) is 11.8 Å². The number of piperazine rings is 2. The maximum atomic E-state index is 12.9. The van der Waals surface area contributed by atoms with Crippen LogP contribution in [0.1, 0.15) is 17.0 Å². The number of nitrogens with one attached hydrogen (secondary N) is 1. The molecule has 0 bridgehead atoms. The molecule has 6 nitrogen and oxygen atoms in total. The van der Waals surface area contributed by atoms with Crippen LogP contribution in [0.3, 0.4) is 0 Å². The normalized spacial score (nSPS) is 22.3. The Kier molecular flexibility index (Phi) is 6.16. The molecule has 0 unspecified atom stereocenters. The van der Waals surface area contributed by atoms with E-state index < -0.39 is 12.1 Å². The number of nitrogens with zero attached hydrogens (tertiary/aromatic N) is 3. The number of hydrogen-bond acceptors (Lipinski definition) is 5. The van der Waals surface area contributed by atoms with E-state index >= 15 is 0 Å². The van der Waals surface area contributed by atoms with Gasteiger partial charge in [-0.25, -0.2) is 0 Å². The Morgan fingerprint density at radius 3 is 2.72 bits per heavy atom. The number of aromatic nitrogens is 1. The van der Waals surface area contributed by atoms with Gasteiger partial charge >= 0.3 is 0 Å². The molecule has 1 aromatic heterocycles. The second kappa shape index (κ2) is 8.97. The van der Waals surface area contributed by atoms with Crippen molar-refractivity contribution in [2.45, 2.75) is 31.3 Å². The van der Waals surface area contributed by atoms with Crippen molar-refractivity contribution in [2.75, 3.05) is 25.4 Å². The molecule has 7 heteroatoms. The molecule has 2 saturated heterocycles. The molecule has 2 amide bonds. The highest BCUT2D eigenvalue weighted by Crippen LogP contribution is 2.21. The van der Waals surface area contributed by atoms with Crippen molar-refractivity contribution in [3.05, 3.63) is 65.5 Å². The van der Waals surface area contributed by atoms with Crippen LogP contribution >= 0.6 is 11.8 Å². The number of pyridine rings is 1. The zero-order chi connectivity index (χ0) is 20.2. The van der Waals surface area contributed by atoms with Gasteiger partial charge in [0.2, 0.25) is 11.8 Å². The van der Waals surface area contributed by atoms with E-state index in [1.165, 1.54) is 5.56 Å². The number of hydrogen-bond donors (Lipinski definition) is 1. The quantitative estimate of drug-likeness (QED) is 0.787. The lowest BCUT2D eigenvalue weighted by molar-refractivity contribution is -0.152. The number of carbonyl (C=O) groups is 2. The lowest BCUT2D eigenvalue weighted by Crippen LogP contribution is -2.69. The third-order valence-electron chi connectivity index (χ3n) is 5.39. The van der Waals surface area contributed by atoms with E-state index in [2.05, 4.69) is 27.3 Å². The number of aryl methyl sites for hydroxylation is 1. The van der Waals surface area contributed by atoms with Crippen LogP contribution in [0.2, 0.25) is 0 Å². The van der Waals surface area contributed by atoms with Crippen molar-refractivity contribution in [2.24, 2.45) is 0 Å². The predicted octanol–water partition coefficient (Wildman–Crippen LogP) is 1.83. The van der Waals surface area contributed by atoms with Crippen molar-refractivity contribution in [3.63, 3.8) is 0 Å². The molecule has 0 radical (unpaired) electrons. The fraction of sp³-hybridized carbons (Fsp3) is 0.409. The number of amides is 2. The minimum Gasteiger partial charge on any atom is -0.342 e. The lowest BCUT2D eigenvalue weighted by atomic mass is 10.0. The Hall–Kier alpha value is -2.38. The number of fused-ring (bicyclic) bond motifs is 1. The van der Waals surface area contributed by atoms with Crippen LogP contribution in [0.25, 0.3) is 0 Å². The summed E-state index contributed by atoms with van der Waals surface area (Å²) in [5, 5.41) is 2.95. The molecule has 1 aromatic carbocycles. The molecule has 1 N–H and O–H groups in total. The average Bonchev–Trinajstić information content (AvgIpc) is 2.72. The number of benzene rings is 1. The molecular formula is C22H26N4O2S. The SMILES string of the molecule is Cc1cccc(CN2CCN3C(=O)[C@H](CSCc4ccccc4)NC(=O)[C@H]3C2)n1. The topological polar surface area (TPSA) is 65.5 Å². The molecule has 3 heterocycles. The molecule has 0 spiro atoms. The highest BCUT2D eigenvalue weighted by atomic mass is 32.2. The van der Waals surface area contributed by atoms with Gasteiger partial charge < -0.3 is 10.2 Å². The Bertz CT molecular complexity index is 876. The molecule has 4 rings (SSSR count). The van der Waals surface area contributed by atoms with Crippen LogP contribution in [-0.4, -0.2) is 64.1 Å². The van der Waals surface area contributed by atoms with Gasteiger partial charge in [0.1, 0.15) is 12.1 Å². The van der Waals surface area contributed by atoms with Crippen molar-refractivity contribution >= 4 is 23.6 Å². The number of thioether (sulfide) groups is 1. The van der Waals surface area contributed by atoms with E-state index in [0.29, 0.717) is 25.4 Å². The zero-order valence-corrected chi connectivity index (χ0v) is 17.4. The van der Waals surface area contributed by atoms with E-state index in [4.69, 9.17) is 0 Å². The van der Waals surface area contributed by atoms with Crippen molar-refractivity contribution in [1.29, 1.82) is 0 Å². The van der Waals surface area contributed by atoms with Crippen LogP contribution in [0.5, 0.6) is 0 Å². The van der Waals surface area contributed by atoms with Gasteiger partial charge in [0.05, 0.1) is 5.69 Å². The summed E-state index contributed by atoms with van der Waals surface area (Å²) >= 11 is 1.68. The predicted molar refractivity (Wildman–Crippen MR) is 114 cm³/mol. The summed E-state index contributed by atoms with van der Waals surface area (Å²) in [5.41, 5.74) is 3.21. The molecule has 2 atom stereocenters.